The van der Waals surface area contributed by atoms with Gasteiger partial charge in [-0.15, -0.1) is 0 Å². The number of benzene rings is 1. The van der Waals surface area contributed by atoms with E-state index in [1.54, 1.807) is 0 Å². The normalized spacial score (nSPS) is 11.5. The lowest BCUT2D eigenvalue weighted by Crippen LogP contribution is -2.19. The first kappa shape index (κ1) is 15.8. The molecule has 0 aliphatic rings. The second-order valence-corrected chi connectivity index (χ2v) is 7.05. The Bertz CT molecular complexity index is 630. The summed E-state index contributed by atoms with van der Waals surface area (Å²) in [7, 11) is 0. The number of hydrogen-bond donors (Lipinski definition) is 2. The second kappa shape index (κ2) is 6.02. The monoisotopic (exact) mass is 348 g/mol. The van der Waals surface area contributed by atoms with Crippen molar-refractivity contribution in [3.05, 3.63) is 45.7 Å². The molecule has 112 valence electrons. The van der Waals surface area contributed by atoms with Crippen molar-refractivity contribution >= 4 is 27.6 Å². The van der Waals surface area contributed by atoms with Crippen LogP contribution >= 0.6 is 15.9 Å². The molecule has 2 aromatic rings. The van der Waals surface area contributed by atoms with Crippen LogP contribution in [0.15, 0.2) is 28.7 Å². The lowest BCUT2D eigenvalue weighted by molar-refractivity contribution is 0.546. The zero-order chi connectivity index (χ0) is 15.6. The van der Waals surface area contributed by atoms with E-state index in [4.69, 9.17) is 5.73 Å². The Balaban J connectivity index is 2.23. The number of nitrogens with zero attached hydrogens (tertiary/aromatic N) is 2. The van der Waals surface area contributed by atoms with Gasteiger partial charge in [0, 0.05) is 22.0 Å². The van der Waals surface area contributed by atoms with Gasteiger partial charge in [0.05, 0.1) is 0 Å². The Kier molecular flexibility index (Phi) is 4.52. The van der Waals surface area contributed by atoms with Crippen LogP contribution in [0.1, 0.15) is 37.7 Å². The Morgan fingerprint density at radius 2 is 1.76 bits per heavy atom. The first-order valence-electron chi connectivity index (χ1n) is 6.90. The summed E-state index contributed by atoms with van der Waals surface area (Å²) in [6.07, 6.45) is 0. The lowest BCUT2D eigenvalue weighted by Gasteiger charge is -2.19. The molecule has 3 N–H and O–H groups in total. The topological polar surface area (TPSA) is 63.8 Å². The van der Waals surface area contributed by atoms with E-state index in [0.717, 1.165) is 21.7 Å². The van der Waals surface area contributed by atoms with Crippen LogP contribution in [0.4, 0.5) is 11.6 Å². The van der Waals surface area contributed by atoms with E-state index in [2.05, 4.69) is 64.1 Å². The fraction of sp³-hybridized carbons (Fsp3) is 0.375. The van der Waals surface area contributed by atoms with E-state index in [-0.39, 0.29) is 5.41 Å². The minimum Gasteiger partial charge on any atom is -0.383 e. The van der Waals surface area contributed by atoms with Gasteiger partial charge < -0.3 is 11.1 Å². The number of nitrogens with one attached hydrogen (secondary N) is 1. The smallest absolute Gasteiger partial charge is 0.138 e. The molecule has 0 radical (unpaired) electrons. The number of nitrogens with two attached hydrogens (primary N) is 1. The predicted molar refractivity (Wildman–Crippen MR) is 91.4 cm³/mol. The molecular formula is C16H21BrN4. The fourth-order valence-corrected chi connectivity index (χ4v) is 2.09. The number of anilines is 2. The van der Waals surface area contributed by atoms with Crippen molar-refractivity contribution in [2.24, 2.45) is 0 Å². The maximum absolute atomic E-state index is 6.01. The molecule has 21 heavy (non-hydrogen) atoms. The molecular weight excluding hydrogens is 328 g/mol. The van der Waals surface area contributed by atoms with Crippen LogP contribution in [-0.4, -0.2) is 9.97 Å². The first-order valence-corrected chi connectivity index (χ1v) is 7.69. The molecule has 1 aromatic heterocycles. The Morgan fingerprint density at radius 3 is 2.33 bits per heavy atom. The Morgan fingerprint density at radius 1 is 1.14 bits per heavy atom. The average molecular weight is 349 g/mol. The van der Waals surface area contributed by atoms with Gasteiger partial charge in [-0.2, -0.15) is 0 Å². The summed E-state index contributed by atoms with van der Waals surface area (Å²) >= 11 is 3.44. The van der Waals surface area contributed by atoms with Gasteiger partial charge in [-0.1, -0.05) is 48.8 Å². The highest BCUT2D eigenvalue weighted by atomic mass is 79.9. The van der Waals surface area contributed by atoms with Crippen molar-refractivity contribution in [3.63, 3.8) is 0 Å². The zero-order valence-electron chi connectivity index (χ0n) is 12.9. The maximum Gasteiger partial charge on any atom is 0.138 e. The van der Waals surface area contributed by atoms with Crippen molar-refractivity contribution in [2.45, 2.75) is 39.7 Å². The highest BCUT2D eigenvalue weighted by Crippen LogP contribution is 2.25. The Labute approximate surface area is 134 Å². The zero-order valence-corrected chi connectivity index (χ0v) is 14.5. The fourth-order valence-electron chi connectivity index (χ4n) is 1.83. The molecule has 2 rings (SSSR count). The van der Waals surface area contributed by atoms with Crippen molar-refractivity contribution in [1.29, 1.82) is 0 Å². The van der Waals surface area contributed by atoms with E-state index < -0.39 is 0 Å². The highest BCUT2D eigenvalue weighted by Gasteiger charge is 2.20. The summed E-state index contributed by atoms with van der Waals surface area (Å²) < 4.78 is 1.07. The van der Waals surface area contributed by atoms with E-state index in [1.165, 1.54) is 5.56 Å². The van der Waals surface area contributed by atoms with Crippen LogP contribution in [-0.2, 0) is 12.0 Å². The third kappa shape index (κ3) is 3.94. The van der Waals surface area contributed by atoms with Crippen molar-refractivity contribution in [1.82, 2.24) is 9.97 Å². The summed E-state index contributed by atoms with van der Waals surface area (Å²) in [5.74, 6) is 2.09. The quantitative estimate of drug-likeness (QED) is 0.878. The van der Waals surface area contributed by atoms with Crippen molar-refractivity contribution in [2.75, 3.05) is 11.1 Å². The summed E-state index contributed by atoms with van der Waals surface area (Å²) in [6, 6.07) is 8.20. The van der Waals surface area contributed by atoms with E-state index in [0.29, 0.717) is 12.4 Å². The number of halogens is 1. The number of nitrogen functional groups attached to an aromatic ring is 1. The number of aromatic nitrogens is 2. The van der Waals surface area contributed by atoms with E-state index in [1.807, 2.05) is 19.1 Å². The molecule has 0 atom stereocenters. The van der Waals surface area contributed by atoms with Gasteiger partial charge in [0.2, 0.25) is 0 Å². The first-order chi connectivity index (χ1) is 9.77. The molecule has 0 bridgehead atoms. The van der Waals surface area contributed by atoms with Crippen molar-refractivity contribution in [3.8, 4) is 0 Å². The molecule has 0 spiro atoms. The molecule has 0 aliphatic carbocycles. The summed E-state index contributed by atoms with van der Waals surface area (Å²) in [6.45, 7) is 8.88. The van der Waals surface area contributed by atoms with Gasteiger partial charge in [-0.05, 0) is 24.6 Å². The second-order valence-electron chi connectivity index (χ2n) is 6.14. The molecule has 0 saturated carbocycles. The molecule has 4 nitrogen and oxygen atoms in total. The van der Waals surface area contributed by atoms with Crippen LogP contribution in [0.5, 0.6) is 0 Å². The van der Waals surface area contributed by atoms with Crippen LogP contribution < -0.4 is 11.1 Å². The molecule has 0 saturated heterocycles. The molecule has 0 unspecified atom stereocenters. The SMILES string of the molecule is Cc1c(N)nc(C(C)(C)C)nc1NCc1ccc(Br)cc1. The third-order valence-electron chi connectivity index (χ3n) is 3.23. The van der Waals surface area contributed by atoms with Gasteiger partial charge >= 0.3 is 0 Å². The minimum absolute atomic E-state index is 0.129. The molecule has 0 aliphatic heterocycles. The number of rotatable bonds is 3. The van der Waals surface area contributed by atoms with E-state index >= 15 is 0 Å². The van der Waals surface area contributed by atoms with Gasteiger partial charge in [0.15, 0.2) is 0 Å². The molecule has 5 heteroatoms. The Hall–Kier alpha value is -1.62. The summed E-state index contributed by atoms with van der Waals surface area (Å²) in [4.78, 5) is 9.02. The van der Waals surface area contributed by atoms with Gasteiger partial charge in [-0.3, -0.25) is 0 Å². The van der Waals surface area contributed by atoms with Gasteiger partial charge in [0.25, 0.3) is 0 Å². The average Bonchev–Trinajstić information content (AvgIpc) is 2.41. The predicted octanol–water partition coefficient (Wildman–Crippen LogP) is 4.04. The van der Waals surface area contributed by atoms with Gasteiger partial charge in [0.1, 0.15) is 17.5 Å². The maximum atomic E-state index is 6.01. The largest absolute Gasteiger partial charge is 0.383 e. The minimum atomic E-state index is -0.129. The van der Waals surface area contributed by atoms with Crippen LogP contribution in [0.3, 0.4) is 0 Å². The van der Waals surface area contributed by atoms with Crippen LogP contribution in [0.2, 0.25) is 0 Å². The summed E-state index contributed by atoms with van der Waals surface area (Å²) in [5.41, 5.74) is 7.96. The molecule has 1 aromatic carbocycles. The van der Waals surface area contributed by atoms with Crippen molar-refractivity contribution < 1.29 is 0 Å². The van der Waals surface area contributed by atoms with Crippen LogP contribution in [0.25, 0.3) is 0 Å². The number of hydrogen-bond acceptors (Lipinski definition) is 4. The summed E-state index contributed by atoms with van der Waals surface area (Å²) in [5, 5.41) is 3.36. The lowest BCUT2D eigenvalue weighted by atomic mass is 9.95. The highest BCUT2D eigenvalue weighted by molar-refractivity contribution is 9.10. The third-order valence-corrected chi connectivity index (χ3v) is 3.76. The molecule has 0 amide bonds. The van der Waals surface area contributed by atoms with Gasteiger partial charge in [-0.25, -0.2) is 9.97 Å². The van der Waals surface area contributed by atoms with Crippen LogP contribution in [0, 0.1) is 6.92 Å². The standard InChI is InChI=1S/C16H21BrN4/c1-10-13(18)20-15(16(2,3)4)21-14(10)19-9-11-5-7-12(17)8-6-11/h5-8H,9H2,1-4H3,(H3,18,19,20,21). The molecule has 1 heterocycles. The molecule has 0 fully saturated rings. The van der Waals surface area contributed by atoms with E-state index in [9.17, 15) is 0 Å².